The van der Waals surface area contributed by atoms with Crippen LogP contribution < -0.4 is 10.6 Å². The molecule has 0 aromatic heterocycles. The Hall–Kier alpha value is -1.55. The van der Waals surface area contributed by atoms with E-state index in [1.165, 1.54) is 5.56 Å². The third kappa shape index (κ3) is 5.75. The van der Waals surface area contributed by atoms with E-state index in [4.69, 9.17) is 5.11 Å². The summed E-state index contributed by atoms with van der Waals surface area (Å²) in [6, 6.07) is 8.01. The lowest BCUT2D eigenvalue weighted by molar-refractivity contribution is 0.183. The molecule has 2 atom stereocenters. The molecule has 106 valence electrons. The van der Waals surface area contributed by atoms with Gasteiger partial charge in [-0.25, -0.2) is 4.79 Å². The van der Waals surface area contributed by atoms with Crippen molar-refractivity contribution in [3.63, 3.8) is 0 Å². The second-order valence-corrected chi connectivity index (χ2v) is 4.91. The van der Waals surface area contributed by atoms with Gasteiger partial charge in [0.25, 0.3) is 0 Å². The summed E-state index contributed by atoms with van der Waals surface area (Å²) in [4.78, 5) is 11.7. The Morgan fingerprint density at radius 3 is 2.47 bits per heavy atom. The molecule has 0 radical (unpaired) electrons. The molecular formula is C15H24N2O2. The van der Waals surface area contributed by atoms with Gasteiger partial charge in [0.15, 0.2) is 0 Å². The lowest BCUT2D eigenvalue weighted by Gasteiger charge is -2.18. The molecule has 1 aromatic carbocycles. The van der Waals surface area contributed by atoms with E-state index in [0.29, 0.717) is 13.0 Å². The highest BCUT2D eigenvalue weighted by Gasteiger charge is 2.12. The molecule has 0 aliphatic rings. The van der Waals surface area contributed by atoms with E-state index in [2.05, 4.69) is 10.6 Å². The Balaban J connectivity index is 2.47. The first-order chi connectivity index (χ1) is 9.02. The average molecular weight is 264 g/mol. The molecule has 4 nitrogen and oxygen atoms in total. The molecule has 0 heterocycles. The average Bonchev–Trinajstić information content (AvgIpc) is 2.36. The first-order valence-electron chi connectivity index (χ1n) is 6.82. The number of aryl methyl sites for hydroxylation is 1. The van der Waals surface area contributed by atoms with Crippen LogP contribution in [0.4, 0.5) is 4.79 Å². The molecule has 0 aliphatic heterocycles. The molecule has 0 aliphatic carbocycles. The number of urea groups is 1. The first-order valence-corrected chi connectivity index (χ1v) is 6.82. The molecule has 4 heteroatoms. The molecular weight excluding hydrogens is 240 g/mol. The maximum Gasteiger partial charge on any atom is 0.315 e. The molecule has 1 rings (SSSR count). The normalized spacial score (nSPS) is 13.7. The monoisotopic (exact) mass is 264 g/mol. The zero-order valence-corrected chi connectivity index (χ0v) is 11.9. The highest BCUT2D eigenvalue weighted by molar-refractivity contribution is 5.74. The van der Waals surface area contributed by atoms with Crippen molar-refractivity contribution >= 4 is 6.03 Å². The van der Waals surface area contributed by atoms with Crippen LogP contribution in [0.3, 0.4) is 0 Å². The van der Waals surface area contributed by atoms with Gasteiger partial charge in [0, 0.05) is 6.54 Å². The van der Waals surface area contributed by atoms with Gasteiger partial charge in [-0.1, -0.05) is 36.8 Å². The third-order valence-electron chi connectivity index (χ3n) is 3.04. The van der Waals surface area contributed by atoms with Crippen molar-refractivity contribution in [1.82, 2.24) is 10.6 Å². The minimum Gasteiger partial charge on any atom is -0.393 e. The van der Waals surface area contributed by atoms with Gasteiger partial charge in [-0.05, 0) is 32.3 Å². The second-order valence-electron chi connectivity index (χ2n) is 4.91. The fraction of sp³-hybridized carbons (Fsp3) is 0.533. The minimum atomic E-state index is -0.389. The predicted molar refractivity (Wildman–Crippen MR) is 77.0 cm³/mol. The van der Waals surface area contributed by atoms with Crippen LogP contribution in [0.15, 0.2) is 24.3 Å². The number of nitrogens with one attached hydrogen (secondary N) is 2. The van der Waals surface area contributed by atoms with E-state index in [1.807, 2.05) is 38.1 Å². The number of hydrogen-bond acceptors (Lipinski definition) is 2. The fourth-order valence-corrected chi connectivity index (χ4v) is 1.82. The van der Waals surface area contributed by atoms with Gasteiger partial charge in [0.2, 0.25) is 0 Å². The third-order valence-corrected chi connectivity index (χ3v) is 3.04. The van der Waals surface area contributed by atoms with Crippen LogP contribution in [0.2, 0.25) is 0 Å². The molecule has 0 bridgehead atoms. The summed E-state index contributed by atoms with van der Waals surface area (Å²) >= 11 is 0. The van der Waals surface area contributed by atoms with Crippen LogP contribution in [0.5, 0.6) is 0 Å². The van der Waals surface area contributed by atoms with Crippen molar-refractivity contribution in [2.75, 3.05) is 6.54 Å². The summed E-state index contributed by atoms with van der Waals surface area (Å²) in [5.74, 6) is 0. The maximum absolute atomic E-state index is 11.7. The largest absolute Gasteiger partial charge is 0.393 e. The van der Waals surface area contributed by atoms with Gasteiger partial charge >= 0.3 is 6.03 Å². The van der Waals surface area contributed by atoms with Crippen molar-refractivity contribution < 1.29 is 9.90 Å². The van der Waals surface area contributed by atoms with E-state index >= 15 is 0 Å². The quantitative estimate of drug-likeness (QED) is 0.739. The predicted octanol–water partition coefficient (Wildman–Crippen LogP) is 2.52. The lowest BCUT2D eigenvalue weighted by Crippen LogP contribution is -2.38. The smallest absolute Gasteiger partial charge is 0.315 e. The summed E-state index contributed by atoms with van der Waals surface area (Å²) in [5.41, 5.74) is 2.32. The molecule has 0 saturated heterocycles. The highest BCUT2D eigenvalue weighted by atomic mass is 16.3. The topological polar surface area (TPSA) is 61.4 Å². The molecule has 3 N–H and O–H groups in total. The summed E-state index contributed by atoms with van der Waals surface area (Å²) in [5, 5.41) is 14.8. The zero-order valence-electron chi connectivity index (χ0n) is 11.9. The Bertz CT molecular complexity index is 388. The Morgan fingerprint density at radius 1 is 1.32 bits per heavy atom. The van der Waals surface area contributed by atoms with Gasteiger partial charge in [-0.15, -0.1) is 0 Å². The van der Waals surface area contributed by atoms with Crippen molar-refractivity contribution in [3.05, 3.63) is 35.4 Å². The van der Waals surface area contributed by atoms with E-state index in [1.54, 1.807) is 6.92 Å². The number of carbonyl (C=O) groups excluding carboxylic acids is 1. The molecule has 2 amide bonds. The standard InChI is InChI=1S/C15H24N2O2/c1-4-14(13-7-5-11(2)6-8-13)17-15(19)16-10-9-12(3)18/h5-8,12,14,18H,4,9-10H2,1-3H3,(H2,16,17,19). The minimum absolute atomic E-state index is 0.0205. The van der Waals surface area contributed by atoms with Gasteiger partial charge in [0.05, 0.1) is 12.1 Å². The number of benzene rings is 1. The molecule has 0 saturated carbocycles. The highest BCUT2D eigenvalue weighted by Crippen LogP contribution is 2.16. The fourth-order valence-electron chi connectivity index (χ4n) is 1.82. The number of aliphatic hydroxyl groups excluding tert-OH is 1. The maximum atomic E-state index is 11.7. The van der Waals surface area contributed by atoms with Crippen LogP contribution >= 0.6 is 0 Å². The van der Waals surface area contributed by atoms with Gasteiger partial charge in [0.1, 0.15) is 0 Å². The molecule has 0 spiro atoms. The Kier molecular flexibility index (Phi) is 6.36. The number of aliphatic hydroxyl groups is 1. The summed E-state index contributed by atoms with van der Waals surface area (Å²) in [7, 11) is 0. The summed E-state index contributed by atoms with van der Waals surface area (Å²) in [6.07, 6.45) is 1.01. The molecule has 2 unspecified atom stereocenters. The van der Waals surface area contributed by atoms with Crippen LogP contribution in [0.25, 0.3) is 0 Å². The SMILES string of the molecule is CCC(NC(=O)NCCC(C)O)c1ccc(C)cc1. The van der Waals surface area contributed by atoms with Crippen LogP contribution in [0.1, 0.15) is 43.9 Å². The van der Waals surface area contributed by atoms with Gasteiger partial charge in [-0.2, -0.15) is 0 Å². The lowest BCUT2D eigenvalue weighted by atomic mass is 10.0. The van der Waals surface area contributed by atoms with E-state index in [9.17, 15) is 4.79 Å². The Morgan fingerprint density at radius 2 is 1.95 bits per heavy atom. The number of rotatable bonds is 6. The zero-order chi connectivity index (χ0) is 14.3. The van der Waals surface area contributed by atoms with E-state index in [-0.39, 0.29) is 18.2 Å². The number of carbonyl (C=O) groups is 1. The van der Waals surface area contributed by atoms with Crippen molar-refractivity contribution in [1.29, 1.82) is 0 Å². The van der Waals surface area contributed by atoms with Crippen LogP contribution in [-0.4, -0.2) is 23.8 Å². The number of amides is 2. The molecule has 0 fully saturated rings. The van der Waals surface area contributed by atoms with E-state index in [0.717, 1.165) is 12.0 Å². The summed E-state index contributed by atoms with van der Waals surface area (Å²) in [6.45, 7) is 6.27. The van der Waals surface area contributed by atoms with Crippen molar-refractivity contribution in [2.24, 2.45) is 0 Å². The summed E-state index contributed by atoms with van der Waals surface area (Å²) < 4.78 is 0. The second kappa shape index (κ2) is 7.79. The molecule has 19 heavy (non-hydrogen) atoms. The van der Waals surface area contributed by atoms with Gasteiger partial charge in [-0.3, -0.25) is 0 Å². The van der Waals surface area contributed by atoms with Crippen molar-refractivity contribution in [2.45, 2.75) is 45.8 Å². The van der Waals surface area contributed by atoms with Crippen molar-refractivity contribution in [3.8, 4) is 0 Å². The van der Waals surface area contributed by atoms with E-state index < -0.39 is 0 Å². The van der Waals surface area contributed by atoms with Crippen LogP contribution in [-0.2, 0) is 0 Å². The molecule has 1 aromatic rings. The number of hydrogen-bond donors (Lipinski definition) is 3. The van der Waals surface area contributed by atoms with Crippen LogP contribution in [0, 0.1) is 6.92 Å². The first kappa shape index (κ1) is 15.5. The van der Waals surface area contributed by atoms with Gasteiger partial charge < -0.3 is 15.7 Å². The Labute approximate surface area is 115 Å².